The van der Waals surface area contributed by atoms with Gasteiger partial charge in [0, 0.05) is 10.9 Å². The highest BCUT2D eigenvalue weighted by atomic mass is 16.5. The van der Waals surface area contributed by atoms with Gasteiger partial charge in [0.2, 0.25) is 0 Å². The Kier molecular flexibility index (Phi) is 7.88. The van der Waals surface area contributed by atoms with E-state index in [0.717, 1.165) is 46.3 Å². The third-order valence-corrected chi connectivity index (χ3v) is 5.84. The molecule has 0 unspecified atom stereocenters. The maximum Gasteiger partial charge on any atom is 0.272 e. The largest absolute Gasteiger partial charge is 0.494 e. The van der Waals surface area contributed by atoms with E-state index in [1.165, 1.54) is 5.56 Å². The Morgan fingerprint density at radius 2 is 1.83 bits per heavy atom. The molecular weight excluding hydrogens is 434 g/mol. The van der Waals surface area contributed by atoms with E-state index in [0.29, 0.717) is 18.1 Å². The highest BCUT2D eigenvalue weighted by Gasteiger charge is 2.14. The summed E-state index contributed by atoms with van der Waals surface area (Å²) < 4.78 is 5.75. The molecule has 0 atom stereocenters. The molecule has 0 spiro atoms. The molecule has 0 aliphatic carbocycles. The highest BCUT2D eigenvalue weighted by Crippen LogP contribution is 2.26. The van der Waals surface area contributed by atoms with Crippen molar-refractivity contribution in [1.29, 1.82) is 0 Å². The van der Waals surface area contributed by atoms with Crippen LogP contribution in [-0.2, 0) is 0 Å². The first-order valence-corrected chi connectivity index (χ1v) is 12.1. The standard InChI is InChI=1S/C30H31N3O2/c1-4-5-17-35-25-10-8-9-22(18-25)20-31-33-30(34)27-19-29(32-28-12-7-6-11-26(27)28)24-15-13-23(14-16-24)21(2)3/h6-16,18-21H,4-5,17H2,1-3H3,(H,33,34)/b31-20-. The number of rotatable bonds is 9. The molecule has 1 N–H and O–H groups in total. The fraction of sp³-hybridized carbons (Fsp3) is 0.233. The van der Waals surface area contributed by atoms with Crippen molar-refractivity contribution in [2.45, 2.75) is 39.5 Å². The molecule has 1 heterocycles. The topological polar surface area (TPSA) is 63.6 Å². The molecule has 1 aromatic heterocycles. The zero-order valence-corrected chi connectivity index (χ0v) is 20.5. The minimum absolute atomic E-state index is 0.282. The summed E-state index contributed by atoms with van der Waals surface area (Å²) in [6, 6.07) is 25.5. The first kappa shape index (κ1) is 24.1. The summed E-state index contributed by atoms with van der Waals surface area (Å²) in [6.45, 7) is 7.15. The van der Waals surface area contributed by atoms with Crippen LogP contribution >= 0.6 is 0 Å². The summed E-state index contributed by atoms with van der Waals surface area (Å²) in [5, 5.41) is 4.98. The van der Waals surface area contributed by atoms with Crippen molar-refractivity contribution >= 4 is 23.0 Å². The van der Waals surface area contributed by atoms with E-state index in [-0.39, 0.29) is 5.91 Å². The average molecular weight is 466 g/mol. The van der Waals surface area contributed by atoms with Crippen LogP contribution in [0.1, 0.15) is 61.0 Å². The normalized spacial score (nSPS) is 11.3. The van der Waals surface area contributed by atoms with E-state index in [2.05, 4.69) is 55.6 Å². The van der Waals surface area contributed by atoms with Crippen LogP contribution < -0.4 is 10.2 Å². The number of nitrogens with zero attached hydrogens (tertiary/aromatic N) is 2. The van der Waals surface area contributed by atoms with Crippen molar-refractivity contribution in [3.8, 4) is 17.0 Å². The maximum absolute atomic E-state index is 13.1. The molecule has 0 saturated heterocycles. The lowest BCUT2D eigenvalue weighted by molar-refractivity contribution is 0.0956. The van der Waals surface area contributed by atoms with Gasteiger partial charge >= 0.3 is 0 Å². The Morgan fingerprint density at radius 1 is 1.03 bits per heavy atom. The van der Waals surface area contributed by atoms with Crippen molar-refractivity contribution in [3.05, 3.63) is 95.6 Å². The molecule has 35 heavy (non-hydrogen) atoms. The summed E-state index contributed by atoms with van der Waals surface area (Å²) in [5.41, 5.74) is 7.82. The number of ether oxygens (including phenoxy) is 1. The highest BCUT2D eigenvalue weighted by molar-refractivity contribution is 6.07. The minimum Gasteiger partial charge on any atom is -0.494 e. The molecule has 3 aromatic carbocycles. The van der Waals surface area contributed by atoms with Crippen molar-refractivity contribution < 1.29 is 9.53 Å². The van der Waals surface area contributed by atoms with Gasteiger partial charge in [-0.3, -0.25) is 4.79 Å². The number of carbonyl (C=O) groups is 1. The Hall–Kier alpha value is -3.99. The van der Waals surface area contributed by atoms with Gasteiger partial charge in [0.25, 0.3) is 5.91 Å². The number of pyridine rings is 1. The monoisotopic (exact) mass is 465 g/mol. The number of aromatic nitrogens is 1. The van der Waals surface area contributed by atoms with Gasteiger partial charge in [-0.2, -0.15) is 5.10 Å². The number of unbranched alkanes of at least 4 members (excludes halogenated alkanes) is 1. The number of benzene rings is 3. The van der Waals surface area contributed by atoms with Gasteiger partial charge in [0.1, 0.15) is 5.75 Å². The molecule has 0 aliphatic rings. The Labute approximate surface area is 206 Å². The predicted molar refractivity (Wildman–Crippen MR) is 143 cm³/mol. The third kappa shape index (κ3) is 6.12. The van der Waals surface area contributed by atoms with Crippen LogP contribution in [0.15, 0.2) is 84.0 Å². The number of nitrogens with one attached hydrogen (secondary N) is 1. The summed E-state index contributed by atoms with van der Waals surface area (Å²) in [7, 11) is 0. The lowest BCUT2D eigenvalue weighted by atomic mass is 9.99. The predicted octanol–water partition coefficient (Wildman–Crippen LogP) is 6.97. The van der Waals surface area contributed by atoms with E-state index in [9.17, 15) is 4.79 Å². The first-order chi connectivity index (χ1) is 17.0. The number of hydrazone groups is 1. The smallest absolute Gasteiger partial charge is 0.272 e. The second kappa shape index (κ2) is 11.4. The van der Waals surface area contributed by atoms with Crippen molar-refractivity contribution in [3.63, 3.8) is 0 Å². The summed E-state index contributed by atoms with van der Waals surface area (Å²) in [6.07, 6.45) is 3.72. The van der Waals surface area contributed by atoms with Crippen LogP contribution in [0.5, 0.6) is 5.75 Å². The molecular formula is C30H31N3O2. The molecule has 1 amide bonds. The Morgan fingerprint density at radius 3 is 2.60 bits per heavy atom. The van der Waals surface area contributed by atoms with Gasteiger partial charge in [0.05, 0.1) is 29.6 Å². The molecule has 5 nitrogen and oxygen atoms in total. The zero-order valence-electron chi connectivity index (χ0n) is 20.5. The van der Waals surface area contributed by atoms with Crippen LogP contribution in [0.3, 0.4) is 0 Å². The second-order valence-electron chi connectivity index (χ2n) is 8.82. The molecule has 5 heteroatoms. The molecule has 178 valence electrons. The van der Waals surface area contributed by atoms with Gasteiger partial charge in [0.15, 0.2) is 0 Å². The number of amides is 1. The van der Waals surface area contributed by atoms with Crippen LogP contribution in [0.4, 0.5) is 0 Å². The van der Waals surface area contributed by atoms with E-state index in [1.807, 2.05) is 54.6 Å². The molecule has 0 bridgehead atoms. The number of hydrogen-bond acceptors (Lipinski definition) is 4. The van der Waals surface area contributed by atoms with Crippen molar-refractivity contribution in [1.82, 2.24) is 10.4 Å². The lowest BCUT2D eigenvalue weighted by Gasteiger charge is -2.10. The number of fused-ring (bicyclic) bond motifs is 1. The van der Waals surface area contributed by atoms with Gasteiger partial charge in [-0.25, -0.2) is 10.4 Å². The van der Waals surface area contributed by atoms with Crippen LogP contribution in [0.25, 0.3) is 22.2 Å². The van der Waals surface area contributed by atoms with Crippen LogP contribution in [-0.4, -0.2) is 23.7 Å². The van der Waals surface area contributed by atoms with Gasteiger partial charge < -0.3 is 4.74 Å². The summed E-state index contributed by atoms with van der Waals surface area (Å²) in [4.78, 5) is 17.9. The third-order valence-electron chi connectivity index (χ3n) is 5.84. The Balaban J connectivity index is 1.56. The SMILES string of the molecule is CCCCOc1cccc(/C=N\NC(=O)c2cc(-c3ccc(C(C)C)cc3)nc3ccccc23)c1. The maximum atomic E-state index is 13.1. The van der Waals surface area contributed by atoms with Crippen LogP contribution in [0, 0.1) is 0 Å². The summed E-state index contributed by atoms with van der Waals surface area (Å²) in [5.74, 6) is 0.966. The number of carbonyl (C=O) groups excluding carboxylic acids is 1. The fourth-order valence-electron chi connectivity index (χ4n) is 3.79. The van der Waals surface area contributed by atoms with Gasteiger partial charge in [-0.05, 0) is 47.7 Å². The van der Waals surface area contributed by atoms with E-state index >= 15 is 0 Å². The van der Waals surface area contributed by atoms with Crippen LogP contribution in [0.2, 0.25) is 0 Å². The molecule has 0 saturated carbocycles. The van der Waals surface area contributed by atoms with E-state index < -0.39 is 0 Å². The zero-order chi connectivity index (χ0) is 24.6. The lowest BCUT2D eigenvalue weighted by Crippen LogP contribution is -2.18. The first-order valence-electron chi connectivity index (χ1n) is 12.1. The number of para-hydroxylation sites is 1. The quantitative estimate of drug-likeness (QED) is 0.165. The minimum atomic E-state index is -0.282. The van der Waals surface area contributed by atoms with Gasteiger partial charge in [-0.1, -0.05) is 81.8 Å². The van der Waals surface area contributed by atoms with E-state index in [1.54, 1.807) is 6.21 Å². The molecule has 0 radical (unpaired) electrons. The molecule has 0 fully saturated rings. The summed E-state index contributed by atoms with van der Waals surface area (Å²) >= 11 is 0. The molecule has 0 aliphatic heterocycles. The average Bonchev–Trinajstić information content (AvgIpc) is 2.88. The molecule has 4 rings (SSSR count). The van der Waals surface area contributed by atoms with E-state index in [4.69, 9.17) is 9.72 Å². The number of hydrogen-bond donors (Lipinski definition) is 1. The Bertz CT molecular complexity index is 1330. The van der Waals surface area contributed by atoms with Crippen molar-refractivity contribution in [2.75, 3.05) is 6.61 Å². The molecule has 4 aromatic rings. The van der Waals surface area contributed by atoms with Crippen molar-refractivity contribution in [2.24, 2.45) is 5.10 Å². The second-order valence-corrected chi connectivity index (χ2v) is 8.82. The fourth-order valence-corrected chi connectivity index (χ4v) is 3.79. The van der Waals surface area contributed by atoms with Gasteiger partial charge in [-0.15, -0.1) is 0 Å².